The average Bonchev–Trinajstić information content (AvgIpc) is 2.50. The van der Waals surface area contributed by atoms with Crippen LogP contribution < -0.4 is 4.74 Å². The number of halogens is 5. The van der Waals surface area contributed by atoms with Gasteiger partial charge in [-0.25, -0.2) is 8.78 Å². The number of alkyl halides is 1. The molecule has 1 saturated heterocycles. The Morgan fingerprint density at radius 1 is 1.13 bits per heavy atom. The van der Waals surface area contributed by atoms with E-state index in [1.807, 2.05) is 0 Å². The zero-order chi connectivity index (χ0) is 17.1. The zero-order valence-corrected chi connectivity index (χ0v) is 13.9. The summed E-state index contributed by atoms with van der Waals surface area (Å²) in [7, 11) is 0. The van der Waals surface area contributed by atoms with E-state index in [1.165, 1.54) is 4.90 Å². The smallest absolute Gasteiger partial charge is 0.320 e. The van der Waals surface area contributed by atoms with E-state index in [1.54, 1.807) is 0 Å². The van der Waals surface area contributed by atoms with Crippen molar-refractivity contribution in [2.24, 2.45) is 0 Å². The maximum atomic E-state index is 13.4. The van der Waals surface area contributed by atoms with Crippen LogP contribution in [0.1, 0.15) is 19.3 Å². The molecule has 0 spiro atoms. The minimum atomic E-state index is -1.82. The van der Waals surface area contributed by atoms with Gasteiger partial charge in [-0.2, -0.15) is 8.78 Å². The highest BCUT2D eigenvalue weighted by Crippen LogP contribution is 2.27. The first-order valence-electron chi connectivity index (χ1n) is 6.75. The van der Waals surface area contributed by atoms with Crippen LogP contribution in [-0.4, -0.2) is 33.8 Å². The molecule has 1 aromatic carbocycles. The molecular weight excluding hydrogens is 433 g/mol. The molecule has 0 N–H and O–H groups in total. The summed E-state index contributed by atoms with van der Waals surface area (Å²) in [5.41, 5.74) is 0. The number of amides is 1. The Kier molecular flexibility index (Phi) is 5.82. The number of esters is 1. The molecule has 0 bridgehead atoms. The minimum Gasteiger partial charge on any atom is -0.420 e. The van der Waals surface area contributed by atoms with Crippen molar-refractivity contribution in [3.05, 3.63) is 29.3 Å². The summed E-state index contributed by atoms with van der Waals surface area (Å²) in [5.74, 6) is -10.4. The van der Waals surface area contributed by atoms with Crippen molar-refractivity contribution in [2.75, 3.05) is 13.1 Å². The van der Waals surface area contributed by atoms with Crippen molar-refractivity contribution >= 4 is 34.5 Å². The van der Waals surface area contributed by atoms with Gasteiger partial charge in [-0.3, -0.25) is 9.59 Å². The number of rotatable bonds is 3. The lowest BCUT2D eigenvalue weighted by Crippen LogP contribution is -2.40. The van der Waals surface area contributed by atoms with Crippen molar-refractivity contribution in [1.82, 2.24) is 4.90 Å². The predicted octanol–water partition coefficient (Wildman–Crippen LogP) is 2.96. The highest BCUT2D eigenvalue weighted by Gasteiger charge is 2.26. The van der Waals surface area contributed by atoms with Crippen LogP contribution in [0.4, 0.5) is 17.6 Å². The van der Waals surface area contributed by atoms with Crippen LogP contribution in [0, 0.1) is 23.3 Å². The van der Waals surface area contributed by atoms with Crippen LogP contribution in [0.25, 0.3) is 0 Å². The van der Waals surface area contributed by atoms with E-state index in [-0.39, 0.29) is 6.07 Å². The standard InChI is InChI=1S/C14H12F4INO3/c15-8-5-9(16)13(18)14(12(8)17)23-11(22)6-10(21)20-3-1-7(19)2-4-20/h5,7H,1-4,6H2. The van der Waals surface area contributed by atoms with Crippen LogP contribution in [-0.2, 0) is 9.59 Å². The van der Waals surface area contributed by atoms with Crippen molar-refractivity contribution < 1.29 is 31.9 Å². The van der Waals surface area contributed by atoms with Crippen molar-refractivity contribution in [3.8, 4) is 5.75 Å². The maximum Gasteiger partial charge on any atom is 0.320 e. The summed E-state index contributed by atoms with van der Waals surface area (Å²) in [6, 6.07) is 0.00133. The number of nitrogens with zero attached hydrogens (tertiary/aromatic N) is 1. The molecule has 1 amide bonds. The molecule has 126 valence electrons. The molecule has 0 unspecified atom stereocenters. The Balaban J connectivity index is 2.01. The van der Waals surface area contributed by atoms with E-state index in [0.717, 1.165) is 12.8 Å². The number of hydrogen-bond donors (Lipinski definition) is 0. The normalized spacial score (nSPS) is 15.6. The van der Waals surface area contributed by atoms with E-state index < -0.39 is 47.3 Å². The third-order valence-electron chi connectivity index (χ3n) is 3.36. The van der Waals surface area contributed by atoms with E-state index in [9.17, 15) is 27.2 Å². The summed E-state index contributed by atoms with van der Waals surface area (Å²) in [4.78, 5) is 24.9. The number of piperidine rings is 1. The van der Waals surface area contributed by atoms with E-state index in [2.05, 4.69) is 27.3 Å². The summed E-state index contributed by atoms with van der Waals surface area (Å²) < 4.78 is 57.5. The average molecular weight is 445 g/mol. The first-order valence-corrected chi connectivity index (χ1v) is 7.99. The Hall–Kier alpha value is -1.39. The molecule has 2 rings (SSSR count). The van der Waals surface area contributed by atoms with Crippen molar-refractivity contribution in [1.29, 1.82) is 0 Å². The number of hydrogen-bond acceptors (Lipinski definition) is 3. The first kappa shape index (κ1) is 18.0. The molecule has 1 aliphatic rings. The Labute approximate surface area is 142 Å². The SMILES string of the molecule is O=C(CC(=O)N1CCC(I)CC1)Oc1c(F)c(F)cc(F)c1F. The van der Waals surface area contributed by atoms with Gasteiger partial charge < -0.3 is 9.64 Å². The highest BCUT2D eigenvalue weighted by atomic mass is 127. The molecule has 23 heavy (non-hydrogen) atoms. The van der Waals surface area contributed by atoms with Gasteiger partial charge in [-0.15, -0.1) is 0 Å². The Bertz CT molecular complexity index is 607. The van der Waals surface area contributed by atoms with Crippen LogP contribution >= 0.6 is 22.6 Å². The van der Waals surface area contributed by atoms with Crippen LogP contribution in [0.15, 0.2) is 6.07 Å². The number of likely N-dealkylation sites (tertiary alicyclic amines) is 1. The molecule has 4 nitrogen and oxygen atoms in total. The van der Waals surface area contributed by atoms with Crippen LogP contribution in [0.3, 0.4) is 0 Å². The molecule has 1 aromatic rings. The number of carbonyl (C=O) groups excluding carboxylic acids is 2. The van der Waals surface area contributed by atoms with Crippen LogP contribution in [0.5, 0.6) is 5.75 Å². The van der Waals surface area contributed by atoms with Crippen LogP contribution in [0.2, 0.25) is 0 Å². The molecule has 1 heterocycles. The fourth-order valence-electron chi connectivity index (χ4n) is 2.12. The van der Waals surface area contributed by atoms with Gasteiger partial charge in [0.2, 0.25) is 23.3 Å². The molecule has 0 radical (unpaired) electrons. The van der Waals surface area contributed by atoms with Gasteiger partial charge in [0.25, 0.3) is 0 Å². The number of carbonyl (C=O) groups is 2. The maximum absolute atomic E-state index is 13.4. The fourth-order valence-corrected chi connectivity index (χ4v) is 2.68. The lowest BCUT2D eigenvalue weighted by molar-refractivity contribution is -0.143. The Morgan fingerprint density at radius 2 is 1.65 bits per heavy atom. The van der Waals surface area contributed by atoms with Crippen molar-refractivity contribution in [3.63, 3.8) is 0 Å². The second kappa shape index (κ2) is 7.45. The zero-order valence-electron chi connectivity index (χ0n) is 11.8. The van der Waals surface area contributed by atoms with Crippen molar-refractivity contribution in [2.45, 2.75) is 23.2 Å². The molecular formula is C14H12F4INO3. The second-order valence-corrected chi connectivity index (χ2v) is 6.77. The van der Waals surface area contributed by atoms with Gasteiger partial charge in [0.1, 0.15) is 6.42 Å². The quantitative estimate of drug-likeness (QED) is 0.137. The third-order valence-corrected chi connectivity index (χ3v) is 4.61. The predicted molar refractivity (Wildman–Crippen MR) is 80.1 cm³/mol. The second-order valence-electron chi connectivity index (χ2n) is 5.00. The van der Waals surface area contributed by atoms with Gasteiger partial charge >= 0.3 is 5.97 Å². The highest BCUT2D eigenvalue weighted by molar-refractivity contribution is 14.1. The van der Waals surface area contributed by atoms with E-state index in [0.29, 0.717) is 17.0 Å². The van der Waals surface area contributed by atoms with E-state index >= 15 is 0 Å². The molecule has 0 atom stereocenters. The van der Waals surface area contributed by atoms with Gasteiger partial charge in [-0.05, 0) is 12.8 Å². The number of ether oxygens (including phenoxy) is 1. The summed E-state index contributed by atoms with van der Waals surface area (Å²) in [6.45, 7) is 0.939. The summed E-state index contributed by atoms with van der Waals surface area (Å²) in [5, 5.41) is 0. The van der Waals surface area contributed by atoms with Gasteiger partial charge in [-0.1, -0.05) is 22.6 Å². The molecule has 0 saturated carbocycles. The number of benzene rings is 1. The van der Waals surface area contributed by atoms with Gasteiger partial charge in [0.05, 0.1) is 0 Å². The molecule has 1 aliphatic heterocycles. The monoisotopic (exact) mass is 445 g/mol. The molecule has 1 fully saturated rings. The van der Waals surface area contributed by atoms with E-state index in [4.69, 9.17) is 0 Å². The molecule has 0 aromatic heterocycles. The first-order chi connectivity index (χ1) is 10.8. The lowest BCUT2D eigenvalue weighted by atomic mass is 10.1. The van der Waals surface area contributed by atoms with Gasteiger partial charge in [0, 0.05) is 23.1 Å². The van der Waals surface area contributed by atoms with Gasteiger partial charge in [0.15, 0.2) is 11.6 Å². The Morgan fingerprint density at radius 3 is 2.17 bits per heavy atom. The minimum absolute atomic E-state index is 0.00133. The summed E-state index contributed by atoms with van der Waals surface area (Å²) in [6.07, 6.45) is 0.794. The fraction of sp³-hybridized carbons (Fsp3) is 0.429. The summed E-state index contributed by atoms with van der Waals surface area (Å²) >= 11 is 2.26. The lowest BCUT2D eigenvalue weighted by Gasteiger charge is -2.29. The molecule has 9 heteroatoms. The largest absolute Gasteiger partial charge is 0.420 e. The third kappa shape index (κ3) is 4.33. The topological polar surface area (TPSA) is 46.6 Å². The molecule has 0 aliphatic carbocycles.